The first-order valence-electron chi connectivity index (χ1n) is 5.25. The second kappa shape index (κ2) is 4.23. The van der Waals surface area contributed by atoms with Gasteiger partial charge in [-0.3, -0.25) is 0 Å². The molecule has 18 heavy (non-hydrogen) atoms. The summed E-state index contributed by atoms with van der Waals surface area (Å²) in [6.45, 7) is 0. The van der Waals surface area contributed by atoms with Crippen molar-refractivity contribution in [3.8, 4) is 0 Å². The molecular weight excluding hydrogens is 270 g/mol. The summed E-state index contributed by atoms with van der Waals surface area (Å²) in [6.07, 6.45) is 0. The molecule has 90 valence electrons. The van der Waals surface area contributed by atoms with E-state index in [1.165, 1.54) is 18.4 Å². The molecule has 2 aromatic heterocycles. The summed E-state index contributed by atoms with van der Waals surface area (Å²) in [5.74, 6) is -0.333. The molecule has 1 aromatic carbocycles. The Morgan fingerprint density at radius 3 is 2.89 bits per heavy atom. The number of nitrogens with zero attached hydrogens (tertiary/aromatic N) is 1. The van der Waals surface area contributed by atoms with Gasteiger partial charge in [-0.05, 0) is 24.3 Å². The van der Waals surface area contributed by atoms with Gasteiger partial charge in [0.05, 0.1) is 12.6 Å². The second-order valence-electron chi connectivity index (χ2n) is 3.82. The molecule has 0 aliphatic rings. The van der Waals surface area contributed by atoms with E-state index in [4.69, 9.17) is 16.3 Å². The first kappa shape index (κ1) is 11.4. The summed E-state index contributed by atoms with van der Waals surface area (Å²) >= 11 is 7.26. The van der Waals surface area contributed by atoms with Gasteiger partial charge in [-0.1, -0.05) is 17.7 Å². The number of pyridine rings is 1. The molecule has 3 nitrogen and oxygen atoms in total. The van der Waals surface area contributed by atoms with Crippen molar-refractivity contribution in [2.45, 2.75) is 0 Å². The predicted molar refractivity (Wildman–Crippen MR) is 73.5 cm³/mol. The topological polar surface area (TPSA) is 39.2 Å². The predicted octanol–water partition coefficient (Wildman–Crippen LogP) is 3.89. The summed E-state index contributed by atoms with van der Waals surface area (Å²) in [5.41, 5.74) is 0.827. The zero-order chi connectivity index (χ0) is 12.7. The molecule has 0 atom stereocenters. The number of hydrogen-bond acceptors (Lipinski definition) is 4. The van der Waals surface area contributed by atoms with Crippen LogP contribution in [0.25, 0.3) is 21.1 Å². The number of benzene rings is 1. The number of esters is 1. The summed E-state index contributed by atoms with van der Waals surface area (Å²) in [6, 6.07) is 9.35. The summed E-state index contributed by atoms with van der Waals surface area (Å²) < 4.78 is 4.71. The monoisotopic (exact) mass is 277 g/mol. The maximum Gasteiger partial charge on any atom is 0.348 e. The molecule has 0 aliphatic carbocycles. The van der Waals surface area contributed by atoms with Gasteiger partial charge in [-0.25, -0.2) is 9.78 Å². The van der Waals surface area contributed by atoms with Crippen molar-refractivity contribution in [3.05, 3.63) is 40.2 Å². The lowest BCUT2D eigenvalue weighted by Gasteiger charge is -1.97. The number of methoxy groups -OCH3 is 1. The van der Waals surface area contributed by atoms with E-state index < -0.39 is 0 Å². The minimum atomic E-state index is -0.333. The van der Waals surface area contributed by atoms with Crippen molar-refractivity contribution < 1.29 is 9.53 Å². The maximum absolute atomic E-state index is 11.5. The van der Waals surface area contributed by atoms with E-state index >= 15 is 0 Å². The van der Waals surface area contributed by atoms with Gasteiger partial charge >= 0.3 is 5.97 Å². The minimum absolute atomic E-state index is 0.333. The lowest BCUT2D eigenvalue weighted by atomic mass is 10.2. The molecule has 0 unspecified atom stereocenters. The van der Waals surface area contributed by atoms with Crippen molar-refractivity contribution in [1.29, 1.82) is 0 Å². The Labute approximate surface area is 112 Å². The van der Waals surface area contributed by atoms with Gasteiger partial charge in [-0.2, -0.15) is 0 Å². The van der Waals surface area contributed by atoms with E-state index in [2.05, 4.69) is 4.98 Å². The molecular formula is C13H8ClNO2S. The van der Waals surface area contributed by atoms with E-state index in [-0.39, 0.29) is 5.97 Å². The molecule has 0 aliphatic heterocycles. The van der Waals surface area contributed by atoms with Crippen LogP contribution in [-0.4, -0.2) is 18.1 Å². The van der Waals surface area contributed by atoms with E-state index in [1.807, 2.05) is 24.3 Å². The highest BCUT2D eigenvalue weighted by atomic mass is 35.5. The van der Waals surface area contributed by atoms with Crippen LogP contribution in [0.3, 0.4) is 0 Å². The normalized spacial score (nSPS) is 11.0. The average Bonchev–Trinajstić information content (AvgIpc) is 2.77. The fraction of sp³-hybridized carbons (Fsp3) is 0.0769. The van der Waals surface area contributed by atoms with Gasteiger partial charge in [0.25, 0.3) is 0 Å². The van der Waals surface area contributed by atoms with Crippen LogP contribution in [0.15, 0.2) is 30.3 Å². The van der Waals surface area contributed by atoms with Crippen LogP contribution in [0.2, 0.25) is 5.02 Å². The SMILES string of the molecule is COC(=O)c1cc2cc3ccc(Cl)cc3nc2s1. The molecule has 3 rings (SSSR count). The number of carbonyl (C=O) groups excluding carboxylic acids is 1. The number of carbonyl (C=O) groups is 1. The van der Waals surface area contributed by atoms with Gasteiger partial charge in [0.15, 0.2) is 0 Å². The second-order valence-corrected chi connectivity index (χ2v) is 5.29. The lowest BCUT2D eigenvalue weighted by Crippen LogP contribution is -1.96. The van der Waals surface area contributed by atoms with Crippen molar-refractivity contribution in [2.75, 3.05) is 7.11 Å². The van der Waals surface area contributed by atoms with Crippen LogP contribution >= 0.6 is 22.9 Å². The molecule has 0 fully saturated rings. The first-order chi connectivity index (χ1) is 8.67. The standard InChI is InChI=1S/C13H8ClNO2S/c1-17-13(16)11-5-8-4-7-2-3-9(14)6-10(7)15-12(8)18-11/h2-6H,1H3. The molecule has 0 radical (unpaired) electrons. The quantitative estimate of drug-likeness (QED) is 0.634. The van der Waals surface area contributed by atoms with Crippen LogP contribution in [0, 0.1) is 0 Å². The van der Waals surface area contributed by atoms with E-state index in [0.29, 0.717) is 9.90 Å². The minimum Gasteiger partial charge on any atom is -0.465 e. The maximum atomic E-state index is 11.5. The number of halogens is 1. The highest BCUT2D eigenvalue weighted by Crippen LogP contribution is 2.28. The zero-order valence-corrected chi connectivity index (χ0v) is 11.0. The molecule has 0 N–H and O–H groups in total. The van der Waals surface area contributed by atoms with Crippen LogP contribution in [0.1, 0.15) is 9.67 Å². The summed E-state index contributed by atoms with van der Waals surface area (Å²) in [4.78, 5) is 17.3. The van der Waals surface area contributed by atoms with Crippen LogP contribution in [-0.2, 0) is 4.74 Å². The van der Waals surface area contributed by atoms with Crippen LogP contribution in [0.5, 0.6) is 0 Å². The van der Waals surface area contributed by atoms with Gasteiger partial charge in [-0.15, -0.1) is 11.3 Å². The van der Waals surface area contributed by atoms with Gasteiger partial charge in [0, 0.05) is 15.8 Å². The molecule has 3 aromatic rings. The molecule has 0 saturated carbocycles. The summed E-state index contributed by atoms with van der Waals surface area (Å²) in [5, 5.41) is 2.59. The Balaban J connectivity index is 2.27. The van der Waals surface area contributed by atoms with Gasteiger partial charge in [0.2, 0.25) is 0 Å². The third-order valence-corrected chi connectivity index (χ3v) is 3.91. The Hall–Kier alpha value is -1.65. The summed E-state index contributed by atoms with van der Waals surface area (Å²) in [7, 11) is 1.37. The molecule has 0 saturated heterocycles. The molecule has 0 amide bonds. The Morgan fingerprint density at radius 2 is 2.11 bits per heavy atom. The van der Waals surface area contributed by atoms with E-state index in [1.54, 1.807) is 6.07 Å². The van der Waals surface area contributed by atoms with Gasteiger partial charge in [0.1, 0.15) is 9.71 Å². The number of fused-ring (bicyclic) bond motifs is 2. The highest BCUT2D eigenvalue weighted by molar-refractivity contribution is 7.20. The Morgan fingerprint density at radius 1 is 1.28 bits per heavy atom. The first-order valence-corrected chi connectivity index (χ1v) is 6.45. The third-order valence-electron chi connectivity index (χ3n) is 2.65. The van der Waals surface area contributed by atoms with E-state index in [9.17, 15) is 4.79 Å². The largest absolute Gasteiger partial charge is 0.465 e. The molecule has 0 bridgehead atoms. The smallest absolute Gasteiger partial charge is 0.348 e. The van der Waals surface area contributed by atoms with Crippen molar-refractivity contribution in [2.24, 2.45) is 0 Å². The third kappa shape index (κ3) is 1.83. The highest BCUT2D eigenvalue weighted by Gasteiger charge is 2.11. The number of ether oxygens (including phenoxy) is 1. The Bertz CT molecular complexity index is 766. The fourth-order valence-electron chi connectivity index (χ4n) is 1.80. The molecule has 2 heterocycles. The number of aromatic nitrogens is 1. The number of rotatable bonds is 1. The molecule has 0 spiro atoms. The van der Waals surface area contributed by atoms with Crippen molar-refractivity contribution in [3.63, 3.8) is 0 Å². The molecule has 5 heteroatoms. The lowest BCUT2D eigenvalue weighted by molar-refractivity contribution is 0.0606. The van der Waals surface area contributed by atoms with Crippen molar-refractivity contribution >= 4 is 50.0 Å². The zero-order valence-electron chi connectivity index (χ0n) is 9.44. The van der Waals surface area contributed by atoms with E-state index in [0.717, 1.165) is 21.1 Å². The number of hydrogen-bond donors (Lipinski definition) is 0. The van der Waals surface area contributed by atoms with Crippen molar-refractivity contribution in [1.82, 2.24) is 4.98 Å². The average molecular weight is 278 g/mol. The van der Waals surface area contributed by atoms with Gasteiger partial charge < -0.3 is 4.74 Å². The Kier molecular flexibility index (Phi) is 2.69. The fourth-order valence-corrected chi connectivity index (χ4v) is 2.91. The van der Waals surface area contributed by atoms with Crippen LogP contribution in [0.4, 0.5) is 0 Å². The number of thiophene rings is 1. The van der Waals surface area contributed by atoms with Crippen LogP contribution < -0.4 is 0 Å².